The summed E-state index contributed by atoms with van der Waals surface area (Å²) in [4.78, 5) is 18.0. The lowest BCUT2D eigenvalue weighted by molar-refractivity contribution is -0.123. The lowest BCUT2D eigenvalue weighted by Crippen LogP contribution is -2.41. The number of hydrogen-bond donors (Lipinski definition) is 0. The van der Waals surface area contributed by atoms with Crippen LogP contribution in [0.1, 0.15) is 20.3 Å². The van der Waals surface area contributed by atoms with Gasteiger partial charge in [-0.1, -0.05) is 0 Å². The van der Waals surface area contributed by atoms with Crippen LogP contribution >= 0.6 is 0 Å². The molecule has 0 bridgehead atoms. The van der Waals surface area contributed by atoms with E-state index in [0.29, 0.717) is 17.7 Å². The molecule has 1 aliphatic heterocycles. The summed E-state index contributed by atoms with van der Waals surface area (Å²) < 4.78 is 0. The number of ketones is 1. The molecule has 0 N–H and O–H groups in total. The van der Waals surface area contributed by atoms with E-state index in [4.69, 9.17) is 0 Å². The number of Topliss-reactive ketones (excluding diaryl/α,β-unsaturated/α-hetero) is 1. The van der Waals surface area contributed by atoms with Crippen molar-refractivity contribution in [1.82, 2.24) is 4.90 Å². The van der Waals surface area contributed by atoms with Gasteiger partial charge in [-0.2, -0.15) is 0 Å². The van der Waals surface area contributed by atoms with Crippen LogP contribution in [-0.2, 0) is 4.79 Å². The number of likely N-dealkylation sites (tertiary alicyclic amines) is 1. The van der Waals surface area contributed by atoms with Crippen LogP contribution < -0.4 is 0 Å². The maximum Gasteiger partial charge on any atom is 0.150 e. The van der Waals surface area contributed by atoms with Crippen molar-refractivity contribution in [2.75, 3.05) is 14.1 Å². The molecule has 1 saturated carbocycles. The summed E-state index contributed by atoms with van der Waals surface area (Å²) in [6.45, 7) is 3.82. The Balaban J connectivity index is 2.37. The number of fused-ring (bicyclic) bond motifs is 1. The Morgan fingerprint density at radius 2 is 2.31 bits per heavy atom. The topological polar surface area (TPSA) is 32.7 Å². The molecule has 0 amide bonds. The third-order valence-electron chi connectivity index (χ3n) is 3.79. The molecule has 0 aromatic rings. The van der Waals surface area contributed by atoms with E-state index in [9.17, 15) is 4.79 Å². The summed E-state index contributed by atoms with van der Waals surface area (Å²) in [5.41, 5.74) is 1.03. The number of carbonyl (C=O) groups is 1. The Hall–Kier alpha value is -0.700. The molecule has 1 aliphatic carbocycles. The van der Waals surface area contributed by atoms with Gasteiger partial charge in [0.15, 0.2) is 5.78 Å². The number of hydrogen-bond acceptors (Lipinski definition) is 3. The minimum absolute atomic E-state index is 0.172. The molecule has 1 saturated heterocycles. The molecular formula is C10H16N2O. The smallest absolute Gasteiger partial charge is 0.150 e. The summed E-state index contributed by atoms with van der Waals surface area (Å²) in [5.74, 6) is 0.709. The van der Waals surface area contributed by atoms with E-state index < -0.39 is 0 Å². The van der Waals surface area contributed by atoms with E-state index in [2.05, 4.69) is 16.8 Å². The molecular weight excluding hydrogens is 164 g/mol. The molecule has 0 spiro atoms. The summed E-state index contributed by atoms with van der Waals surface area (Å²) >= 11 is 0. The number of carbonyl (C=O) groups excluding carboxylic acids is 1. The molecule has 3 nitrogen and oxygen atoms in total. The SMILES string of the molecule is CN=C1C(C)N(C)C2(C(C)=O)CC12. The van der Waals surface area contributed by atoms with Crippen LogP contribution in [0.2, 0.25) is 0 Å². The highest BCUT2D eigenvalue weighted by Gasteiger charge is 2.69. The van der Waals surface area contributed by atoms with Crippen LogP contribution in [0.3, 0.4) is 0 Å². The van der Waals surface area contributed by atoms with Crippen molar-refractivity contribution in [1.29, 1.82) is 0 Å². The highest BCUT2D eigenvalue weighted by Crippen LogP contribution is 2.56. The van der Waals surface area contributed by atoms with E-state index in [-0.39, 0.29) is 5.54 Å². The molecule has 3 unspecified atom stereocenters. The van der Waals surface area contributed by atoms with Crippen molar-refractivity contribution in [2.24, 2.45) is 10.9 Å². The molecule has 0 radical (unpaired) electrons. The van der Waals surface area contributed by atoms with Gasteiger partial charge in [-0.3, -0.25) is 14.7 Å². The first-order valence-corrected chi connectivity index (χ1v) is 4.76. The molecule has 3 heteroatoms. The van der Waals surface area contributed by atoms with Crippen LogP contribution in [0.5, 0.6) is 0 Å². The van der Waals surface area contributed by atoms with E-state index in [1.807, 2.05) is 14.1 Å². The molecule has 0 aromatic carbocycles. The standard InChI is InChI=1S/C10H16N2O/c1-6-9(11-3)8-5-10(8,7(2)13)12(6)4/h6,8H,5H2,1-4H3. The zero-order chi connectivity index (χ0) is 9.80. The molecule has 2 rings (SSSR count). The van der Waals surface area contributed by atoms with Gasteiger partial charge in [-0.05, 0) is 27.3 Å². The van der Waals surface area contributed by atoms with Gasteiger partial charge in [0.2, 0.25) is 0 Å². The first-order chi connectivity index (χ1) is 6.05. The van der Waals surface area contributed by atoms with Gasteiger partial charge in [-0.25, -0.2) is 0 Å². The van der Waals surface area contributed by atoms with Gasteiger partial charge in [0.1, 0.15) is 0 Å². The number of aliphatic imine (C=N–C) groups is 1. The summed E-state index contributed by atoms with van der Waals surface area (Å²) in [7, 11) is 3.86. The zero-order valence-electron chi connectivity index (χ0n) is 8.66. The summed E-state index contributed by atoms with van der Waals surface area (Å²) in [5, 5.41) is 0. The second-order valence-electron chi connectivity index (χ2n) is 4.17. The number of rotatable bonds is 1. The van der Waals surface area contributed by atoms with Crippen molar-refractivity contribution in [3.05, 3.63) is 0 Å². The maximum absolute atomic E-state index is 11.5. The molecule has 0 aromatic heterocycles. The quantitative estimate of drug-likeness (QED) is 0.596. The van der Waals surface area contributed by atoms with Crippen molar-refractivity contribution < 1.29 is 4.79 Å². The first-order valence-electron chi connectivity index (χ1n) is 4.76. The Morgan fingerprint density at radius 3 is 2.62 bits per heavy atom. The Morgan fingerprint density at radius 1 is 1.69 bits per heavy atom. The lowest BCUT2D eigenvalue weighted by Gasteiger charge is -2.25. The van der Waals surface area contributed by atoms with Gasteiger partial charge in [0.05, 0.1) is 5.54 Å². The lowest BCUT2D eigenvalue weighted by atomic mass is 10.1. The van der Waals surface area contributed by atoms with Gasteiger partial charge in [-0.15, -0.1) is 0 Å². The second kappa shape index (κ2) is 2.41. The first kappa shape index (κ1) is 8.88. The van der Waals surface area contributed by atoms with Crippen molar-refractivity contribution >= 4 is 11.5 Å². The average molecular weight is 180 g/mol. The number of piperidine rings is 1. The molecule has 72 valence electrons. The van der Waals surface area contributed by atoms with Crippen LogP contribution in [-0.4, -0.2) is 42.1 Å². The molecule has 3 atom stereocenters. The summed E-state index contributed by atoms with van der Waals surface area (Å²) in [6.07, 6.45) is 0.982. The van der Waals surface area contributed by atoms with E-state index >= 15 is 0 Å². The molecule has 1 heterocycles. The number of nitrogens with zero attached hydrogens (tertiary/aromatic N) is 2. The highest BCUT2D eigenvalue weighted by molar-refractivity contribution is 6.07. The predicted octanol–water partition coefficient (Wildman–Crippen LogP) is 0.739. The highest BCUT2D eigenvalue weighted by atomic mass is 16.1. The fraction of sp³-hybridized carbons (Fsp3) is 0.800. The van der Waals surface area contributed by atoms with Gasteiger partial charge in [0, 0.05) is 24.7 Å². The van der Waals surface area contributed by atoms with Crippen LogP contribution in [0.25, 0.3) is 0 Å². The molecule has 2 fully saturated rings. The third kappa shape index (κ3) is 0.831. The predicted molar refractivity (Wildman–Crippen MR) is 52.1 cm³/mol. The van der Waals surface area contributed by atoms with Gasteiger partial charge >= 0.3 is 0 Å². The van der Waals surface area contributed by atoms with E-state index in [0.717, 1.165) is 6.42 Å². The van der Waals surface area contributed by atoms with E-state index in [1.54, 1.807) is 6.92 Å². The van der Waals surface area contributed by atoms with Crippen LogP contribution in [0.15, 0.2) is 4.99 Å². The molecule has 2 aliphatic rings. The van der Waals surface area contributed by atoms with Gasteiger partial charge in [0.25, 0.3) is 0 Å². The Kier molecular flexibility index (Phi) is 1.65. The minimum atomic E-state index is -0.172. The largest absolute Gasteiger partial charge is 0.298 e. The second-order valence-corrected chi connectivity index (χ2v) is 4.17. The maximum atomic E-state index is 11.5. The Labute approximate surface area is 78.8 Å². The normalized spacial score (nSPS) is 46.6. The van der Waals surface area contributed by atoms with Crippen molar-refractivity contribution in [3.8, 4) is 0 Å². The Bertz CT molecular complexity index is 297. The zero-order valence-corrected chi connectivity index (χ0v) is 8.66. The van der Waals surface area contributed by atoms with Crippen molar-refractivity contribution in [2.45, 2.75) is 31.8 Å². The fourth-order valence-corrected chi connectivity index (χ4v) is 2.81. The monoisotopic (exact) mass is 180 g/mol. The average Bonchev–Trinajstić information content (AvgIpc) is 2.76. The fourth-order valence-electron chi connectivity index (χ4n) is 2.81. The van der Waals surface area contributed by atoms with Crippen molar-refractivity contribution in [3.63, 3.8) is 0 Å². The van der Waals surface area contributed by atoms with Crippen LogP contribution in [0, 0.1) is 5.92 Å². The summed E-state index contributed by atoms with van der Waals surface area (Å²) in [6, 6.07) is 0.340. The van der Waals surface area contributed by atoms with Gasteiger partial charge < -0.3 is 0 Å². The number of likely N-dealkylation sites (N-methyl/N-ethyl adjacent to an activating group) is 1. The molecule has 13 heavy (non-hydrogen) atoms. The van der Waals surface area contributed by atoms with E-state index in [1.165, 1.54) is 5.71 Å². The third-order valence-corrected chi connectivity index (χ3v) is 3.79. The van der Waals surface area contributed by atoms with Crippen LogP contribution in [0.4, 0.5) is 0 Å². The minimum Gasteiger partial charge on any atom is -0.298 e.